The fourth-order valence-electron chi connectivity index (χ4n) is 2.82. The molecular formula is C15H24N2OS. The Balaban J connectivity index is 2.38. The van der Waals surface area contributed by atoms with E-state index in [-0.39, 0.29) is 6.04 Å². The standard InChI is InChI=1S/C15H24N2OS/c1-10-8-17(9-11(2)19-10)13-6-5-7-14(18-4)15(13)12(3)16/h5-7,10-12H,8-9,16H2,1-4H3/t10?,11?,12-/m0/s1. The third-order valence-electron chi connectivity index (χ3n) is 3.48. The zero-order chi connectivity index (χ0) is 14.0. The molecule has 106 valence electrons. The molecule has 0 spiro atoms. The second kappa shape index (κ2) is 6.06. The van der Waals surface area contributed by atoms with Gasteiger partial charge in [0, 0.05) is 40.9 Å². The van der Waals surface area contributed by atoms with Crippen LogP contribution < -0.4 is 15.4 Å². The maximum atomic E-state index is 6.16. The first kappa shape index (κ1) is 14.5. The minimum atomic E-state index is -0.0219. The molecule has 2 unspecified atom stereocenters. The van der Waals surface area contributed by atoms with Crippen LogP contribution in [0.3, 0.4) is 0 Å². The number of methoxy groups -OCH3 is 1. The summed E-state index contributed by atoms with van der Waals surface area (Å²) < 4.78 is 5.48. The predicted molar refractivity (Wildman–Crippen MR) is 84.3 cm³/mol. The summed E-state index contributed by atoms with van der Waals surface area (Å²) >= 11 is 2.06. The van der Waals surface area contributed by atoms with Gasteiger partial charge in [0.05, 0.1) is 7.11 Å². The molecule has 4 heteroatoms. The van der Waals surface area contributed by atoms with Crippen molar-refractivity contribution in [2.45, 2.75) is 37.3 Å². The summed E-state index contributed by atoms with van der Waals surface area (Å²) in [6, 6.07) is 6.19. The highest BCUT2D eigenvalue weighted by atomic mass is 32.2. The quantitative estimate of drug-likeness (QED) is 0.923. The van der Waals surface area contributed by atoms with Gasteiger partial charge in [0.2, 0.25) is 0 Å². The Kier molecular flexibility index (Phi) is 4.63. The molecule has 1 aliphatic rings. The lowest BCUT2D eigenvalue weighted by Gasteiger charge is -2.38. The molecule has 3 atom stereocenters. The van der Waals surface area contributed by atoms with Crippen LogP contribution in [0.1, 0.15) is 32.4 Å². The first-order chi connectivity index (χ1) is 9.02. The van der Waals surface area contributed by atoms with Gasteiger partial charge in [0.25, 0.3) is 0 Å². The predicted octanol–water partition coefficient (Wildman–Crippen LogP) is 3.05. The minimum Gasteiger partial charge on any atom is -0.496 e. The molecule has 2 N–H and O–H groups in total. The first-order valence-electron chi connectivity index (χ1n) is 6.85. The van der Waals surface area contributed by atoms with Crippen molar-refractivity contribution in [3.63, 3.8) is 0 Å². The molecule has 0 bridgehead atoms. The summed E-state index contributed by atoms with van der Waals surface area (Å²) in [7, 11) is 1.71. The van der Waals surface area contributed by atoms with Gasteiger partial charge in [-0.15, -0.1) is 0 Å². The van der Waals surface area contributed by atoms with Crippen molar-refractivity contribution in [3.05, 3.63) is 23.8 Å². The van der Waals surface area contributed by atoms with E-state index in [1.54, 1.807) is 7.11 Å². The van der Waals surface area contributed by atoms with Crippen molar-refractivity contribution in [3.8, 4) is 5.75 Å². The molecule has 1 heterocycles. The van der Waals surface area contributed by atoms with E-state index < -0.39 is 0 Å². The fourth-order valence-corrected chi connectivity index (χ4v) is 4.14. The lowest BCUT2D eigenvalue weighted by molar-refractivity contribution is 0.407. The van der Waals surface area contributed by atoms with E-state index in [1.165, 1.54) is 5.69 Å². The van der Waals surface area contributed by atoms with Crippen LogP contribution in [-0.2, 0) is 0 Å². The Morgan fingerprint density at radius 3 is 2.47 bits per heavy atom. The Morgan fingerprint density at radius 2 is 1.95 bits per heavy atom. The van der Waals surface area contributed by atoms with Gasteiger partial charge in [-0.2, -0.15) is 11.8 Å². The molecular weight excluding hydrogens is 256 g/mol. The highest BCUT2D eigenvalue weighted by molar-refractivity contribution is 8.00. The van der Waals surface area contributed by atoms with E-state index in [2.05, 4.69) is 42.6 Å². The molecule has 1 aromatic carbocycles. The monoisotopic (exact) mass is 280 g/mol. The van der Waals surface area contributed by atoms with Crippen LogP contribution in [0.5, 0.6) is 5.75 Å². The number of rotatable bonds is 3. The lowest BCUT2D eigenvalue weighted by atomic mass is 10.0. The number of hydrogen-bond donors (Lipinski definition) is 1. The highest BCUT2D eigenvalue weighted by Crippen LogP contribution is 2.36. The molecule has 1 aliphatic heterocycles. The number of anilines is 1. The van der Waals surface area contributed by atoms with Crippen molar-refractivity contribution in [2.24, 2.45) is 5.73 Å². The molecule has 0 aliphatic carbocycles. The van der Waals surface area contributed by atoms with Gasteiger partial charge in [-0.25, -0.2) is 0 Å². The molecule has 19 heavy (non-hydrogen) atoms. The van der Waals surface area contributed by atoms with Crippen LogP contribution in [0.2, 0.25) is 0 Å². The summed E-state index contributed by atoms with van der Waals surface area (Å²) in [5.74, 6) is 0.894. The topological polar surface area (TPSA) is 38.5 Å². The summed E-state index contributed by atoms with van der Waals surface area (Å²) in [5.41, 5.74) is 8.51. The van der Waals surface area contributed by atoms with Crippen molar-refractivity contribution in [2.75, 3.05) is 25.1 Å². The van der Waals surface area contributed by atoms with E-state index in [0.29, 0.717) is 10.5 Å². The second-order valence-electron chi connectivity index (χ2n) is 5.34. The number of ether oxygens (including phenoxy) is 1. The van der Waals surface area contributed by atoms with E-state index in [1.807, 2.05) is 13.0 Å². The maximum absolute atomic E-state index is 6.16. The first-order valence-corrected chi connectivity index (χ1v) is 7.80. The van der Waals surface area contributed by atoms with Crippen LogP contribution in [0.25, 0.3) is 0 Å². The Hall–Kier alpha value is -0.870. The van der Waals surface area contributed by atoms with Gasteiger partial charge in [-0.05, 0) is 19.1 Å². The maximum Gasteiger partial charge on any atom is 0.125 e. The van der Waals surface area contributed by atoms with Crippen LogP contribution in [0.15, 0.2) is 18.2 Å². The summed E-state index contributed by atoms with van der Waals surface area (Å²) in [5, 5.41) is 1.30. The fraction of sp³-hybridized carbons (Fsp3) is 0.600. The number of hydrogen-bond acceptors (Lipinski definition) is 4. The van der Waals surface area contributed by atoms with Crippen molar-refractivity contribution < 1.29 is 4.74 Å². The van der Waals surface area contributed by atoms with E-state index in [9.17, 15) is 0 Å². The van der Waals surface area contributed by atoms with Crippen molar-refractivity contribution in [1.29, 1.82) is 0 Å². The van der Waals surface area contributed by atoms with E-state index in [0.717, 1.165) is 24.4 Å². The average Bonchev–Trinajstić information content (AvgIpc) is 2.36. The summed E-state index contributed by atoms with van der Waals surface area (Å²) in [6.45, 7) is 8.74. The van der Waals surface area contributed by atoms with Crippen LogP contribution >= 0.6 is 11.8 Å². The van der Waals surface area contributed by atoms with Gasteiger partial charge in [0.15, 0.2) is 0 Å². The Labute approximate surface area is 120 Å². The van der Waals surface area contributed by atoms with Gasteiger partial charge in [-0.1, -0.05) is 19.9 Å². The lowest BCUT2D eigenvalue weighted by Crippen LogP contribution is -2.41. The van der Waals surface area contributed by atoms with E-state index >= 15 is 0 Å². The smallest absolute Gasteiger partial charge is 0.125 e. The van der Waals surface area contributed by atoms with Crippen LogP contribution in [0.4, 0.5) is 5.69 Å². The summed E-state index contributed by atoms with van der Waals surface area (Å²) in [4.78, 5) is 2.45. The Morgan fingerprint density at radius 1 is 1.32 bits per heavy atom. The number of thioether (sulfide) groups is 1. The van der Waals surface area contributed by atoms with E-state index in [4.69, 9.17) is 10.5 Å². The van der Waals surface area contributed by atoms with Crippen LogP contribution in [0, 0.1) is 0 Å². The number of benzene rings is 1. The normalized spacial score (nSPS) is 25.2. The molecule has 2 rings (SSSR count). The third kappa shape index (κ3) is 3.18. The average molecular weight is 280 g/mol. The van der Waals surface area contributed by atoms with Crippen LogP contribution in [-0.4, -0.2) is 30.7 Å². The SMILES string of the molecule is COc1cccc(N2CC(C)SC(C)C2)c1[C@H](C)N. The van der Waals surface area contributed by atoms with Gasteiger partial charge >= 0.3 is 0 Å². The van der Waals surface area contributed by atoms with Gasteiger partial charge < -0.3 is 15.4 Å². The second-order valence-corrected chi connectivity index (χ2v) is 7.23. The van der Waals surface area contributed by atoms with Gasteiger partial charge in [0.1, 0.15) is 5.75 Å². The van der Waals surface area contributed by atoms with Gasteiger partial charge in [-0.3, -0.25) is 0 Å². The molecule has 0 saturated carbocycles. The molecule has 0 aromatic heterocycles. The number of nitrogens with two attached hydrogens (primary N) is 1. The number of nitrogens with zero attached hydrogens (tertiary/aromatic N) is 1. The molecule has 3 nitrogen and oxygen atoms in total. The largest absolute Gasteiger partial charge is 0.496 e. The molecule has 1 saturated heterocycles. The zero-order valence-electron chi connectivity index (χ0n) is 12.2. The molecule has 1 fully saturated rings. The molecule has 1 aromatic rings. The molecule has 0 amide bonds. The Bertz CT molecular complexity index is 426. The summed E-state index contributed by atoms with van der Waals surface area (Å²) in [6.07, 6.45) is 0. The highest BCUT2D eigenvalue weighted by Gasteiger charge is 2.25. The van der Waals surface area contributed by atoms with Crippen molar-refractivity contribution in [1.82, 2.24) is 0 Å². The zero-order valence-corrected chi connectivity index (χ0v) is 13.0. The minimum absolute atomic E-state index is 0.0219. The van der Waals surface area contributed by atoms with Crippen molar-refractivity contribution >= 4 is 17.4 Å². The third-order valence-corrected chi connectivity index (χ3v) is 4.71. The molecule has 0 radical (unpaired) electrons.